The Morgan fingerprint density at radius 3 is 2.68 bits per heavy atom. The zero-order chi connectivity index (χ0) is 18.2. The lowest BCUT2D eigenvalue weighted by atomic mass is 10.1. The zero-order valence-corrected chi connectivity index (χ0v) is 15.5. The van der Waals surface area contributed by atoms with Crippen LogP contribution in [0.15, 0.2) is 30.6 Å². The van der Waals surface area contributed by atoms with Crippen LogP contribution in [0.25, 0.3) is 16.7 Å². The van der Waals surface area contributed by atoms with Crippen molar-refractivity contribution >= 4 is 23.3 Å². The summed E-state index contributed by atoms with van der Waals surface area (Å²) in [6, 6.07) is 3.77. The fourth-order valence-electron chi connectivity index (χ4n) is 2.60. The number of amides is 1. The number of aryl methyl sites for hydroxylation is 1. The Balaban J connectivity index is 1.79. The second kappa shape index (κ2) is 6.52. The quantitative estimate of drug-likeness (QED) is 0.765. The van der Waals surface area contributed by atoms with E-state index in [2.05, 4.69) is 10.1 Å². The molecule has 25 heavy (non-hydrogen) atoms. The van der Waals surface area contributed by atoms with Crippen LogP contribution in [0.1, 0.15) is 26.5 Å². The first kappa shape index (κ1) is 17.5. The summed E-state index contributed by atoms with van der Waals surface area (Å²) in [5.41, 5.74) is 3.12. The number of pyridine rings is 1. The molecule has 3 heterocycles. The highest BCUT2D eigenvalue weighted by Crippen LogP contribution is 2.28. The Hall–Kier alpha value is -2.34. The molecule has 7 heteroatoms. The fourth-order valence-corrected chi connectivity index (χ4v) is 2.81. The normalized spacial score (nSPS) is 14.6. The molecule has 3 rings (SSSR count). The monoisotopic (exact) mass is 360 g/mol. The molecule has 2 aromatic heterocycles. The van der Waals surface area contributed by atoms with Crippen LogP contribution in [0.2, 0.25) is 5.15 Å². The van der Waals surface area contributed by atoms with E-state index >= 15 is 0 Å². The molecule has 1 aliphatic rings. The molecule has 0 aromatic carbocycles. The number of halogens is 1. The minimum atomic E-state index is -0.512. The van der Waals surface area contributed by atoms with Crippen molar-refractivity contribution in [2.45, 2.75) is 26.4 Å². The number of hydrogen-bond donors (Lipinski definition) is 0. The third kappa shape index (κ3) is 4.20. The second-order valence-electron chi connectivity index (χ2n) is 7.06. The van der Waals surface area contributed by atoms with Crippen LogP contribution in [-0.4, -0.2) is 44.4 Å². The molecule has 1 amide bonds. The number of carbonyl (C=O) groups is 1. The van der Waals surface area contributed by atoms with Gasteiger partial charge in [-0.25, -0.2) is 9.78 Å². The maximum absolute atomic E-state index is 12.2. The molecule has 0 radical (unpaired) electrons. The minimum Gasteiger partial charge on any atom is -0.444 e. The van der Waals surface area contributed by atoms with E-state index < -0.39 is 5.60 Å². The van der Waals surface area contributed by atoms with Crippen LogP contribution < -0.4 is 0 Å². The topological polar surface area (TPSA) is 60.2 Å². The van der Waals surface area contributed by atoms with Crippen molar-refractivity contribution in [3.63, 3.8) is 0 Å². The van der Waals surface area contributed by atoms with Crippen molar-refractivity contribution in [2.24, 2.45) is 7.05 Å². The maximum atomic E-state index is 12.2. The fraction of sp³-hybridized carbons (Fsp3) is 0.389. The molecule has 0 bridgehead atoms. The SMILES string of the molecule is Cn1cc(-c2cc(Cl)nc(C3=CCN(C(=O)OC(C)(C)C)C3)c2)cn1. The Labute approximate surface area is 152 Å². The first-order valence-electron chi connectivity index (χ1n) is 8.05. The number of hydrogen-bond acceptors (Lipinski definition) is 4. The van der Waals surface area contributed by atoms with Crippen LogP contribution in [0, 0.1) is 0 Å². The lowest BCUT2D eigenvalue weighted by molar-refractivity contribution is 0.0306. The van der Waals surface area contributed by atoms with Gasteiger partial charge >= 0.3 is 6.09 Å². The van der Waals surface area contributed by atoms with Crippen molar-refractivity contribution in [3.05, 3.63) is 41.4 Å². The molecule has 0 spiro atoms. The average Bonchev–Trinajstić information content (AvgIpc) is 3.13. The summed E-state index contributed by atoms with van der Waals surface area (Å²) in [4.78, 5) is 18.3. The van der Waals surface area contributed by atoms with Crippen molar-refractivity contribution < 1.29 is 9.53 Å². The van der Waals surface area contributed by atoms with Gasteiger partial charge in [0.05, 0.1) is 18.4 Å². The Morgan fingerprint density at radius 1 is 1.28 bits per heavy atom. The number of nitrogens with zero attached hydrogens (tertiary/aromatic N) is 4. The summed E-state index contributed by atoms with van der Waals surface area (Å²) in [7, 11) is 1.87. The van der Waals surface area contributed by atoms with Gasteiger partial charge in [-0.1, -0.05) is 17.7 Å². The van der Waals surface area contributed by atoms with E-state index in [9.17, 15) is 4.79 Å². The summed E-state index contributed by atoms with van der Waals surface area (Å²) >= 11 is 6.20. The maximum Gasteiger partial charge on any atom is 0.410 e. The Kier molecular flexibility index (Phi) is 4.56. The molecule has 6 nitrogen and oxygen atoms in total. The van der Waals surface area contributed by atoms with E-state index in [1.807, 2.05) is 52.2 Å². The van der Waals surface area contributed by atoms with E-state index in [0.29, 0.717) is 18.2 Å². The lowest BCUT2D eigenvalue weighted by Gasteiger charge is -2.24. The Morgan fingerprint density at radius 2 is 2.04 bits per heavy atom. The van der Waals surface area contributed by atoms with E-state index in [4.69, 9.17) is 16.3 Å². The van der Waals surface area contributed by atoms with E-state index in [0.717, 1.165) is 22.4 Å². The van der Waals surface area contributed by atoms with Gasteiger partial charge in [0.15, 0.2) is 0 Å². The molecule has 0 atom stereocenters. The largest absolute Gasteiger partial charge is 0.444 e. The van der Waals surface area contributed by atoms with Gasteiger partial charge in [0.2, 0.25) is 0 Å². The summed E-state index contributed by atoms with van der Waals surface area (Å²) < 4.78 is 7.16. The van der Waals surface area contributed by atoms with Gasteiger partial charge < -0.3 is 9.64 Å². The van der Waals surface area contributed by atoms with E-state index in [1.54, 1.807) is 15.8 Å². The molecule has 132 valence electrons. The van der Waals surface area contributed by atoms with Gasteiger partial charge in [-0.05, 0) is 44.0 Å². The molecule has 0 saturated carbocycles. The zero-order valence-electron chi connectivity index (χ0n) is 14.8. The van der Waals surface area contributed by atoms with Crippen LogP contribution in [0.3, 0.4) is 0 Å². The van der Waals surface area contributed by atoms with E-state index in [1.165, 1.54) is 0 Å². The summed E-state index contributed by atoms with van der Waals surface area (Å²) in [5, 5.41) is 4.60. The highest BCUT2D eigenvalue weighted by Gasteiger charge is 2.26. The molecular weight excluding hydrogens is 340 g/mol. The molecule has 0 unspecified atom stereocenters. The lowest BCUT2D eigenvalue weighted by Crippen LogP contribution is -2.35. The third-order valence-corrected chi connectivity index (χ3v) is 3.93. The van der Waals surface area contributed by atoms with Gasteiger partial charge in [-0.3, -0.25) is 4.68 Å². The number of carbonyl (C=O) groups excluding carboxylic acids is 1. The van der Waals surface area contributed by atoms with Gasteiger partial charge in [-0.2, -0.15) is 5.10 Å². The van der Waals surface area contributed by atoms with Crippen molar-refractivity contribution in [1.29, 1.82) is 0 Å². The molecule has 1 aliphatic heterocycles. The van der Waals surface area contributed by atoms with Gasteiger partial charge in [0, 0.05) is 25.4 Å². The predicted molar refractivity (Wildman–Crippen MR) is 97.2 cm³/mol. The molecule has 0 fully saturated rings. The van der Waals surface area contributed by atoms with Crippen LogP contribution >= 0.6 is 11.6 Å². The summed E-state index contributed by atoms with van der Waals surface area (Å²) in [5.74, 6) is 0. The Bertz CT molecular complexity index is 836. The minimum absolute atomic E-state index is 0.326. The van der Waals surface area contributed by atoms with Crippen LogP contribution in [-0.2, 0) is 11.8 Å². The van der Waals surface area contributed by atoms with Crippen molar-refractivity contribution in [1.82, 2.24) is 19.7 Å². The van der Waals surface area contributed by atoms with Gasteiger partial charge in [-0.15, -0.1) is 0 Å². The standard InChI is InChI=1S/C18H21ClN4O2/c1-18(2,3)25-17(24)23-6-5-12(11-23)15-7-13(8-16(19)21-15)14-9-20-22(4)10-14/h5,7-10H,6,11H2,1-4H3. The van der Waals surface area contributed by atoms with Crippen LogP contribution in [0.5, 0.6) is 0 Å². The number of rotatable bonds is 2. The highest BCUT2D eigenvalue weighted by atomic mass is 35.5. The van der Waals surface area contributed by atoms with Crippen molar-refractivity contribution in [3.8, 4) is 11.1 Å². The highest BCUT2D eigenvalue weighted by molar-refractivity contribution is 6.29. The van der Waals surface area contributed by atoms with Gasteiger partial charge in [0.25, 0.3) is 0 Å². The van der Waals surface area contributed by atoms with Crippen molar-refractivity contribution in [2.75, 3.05) is 13.1 Å². The second-order valence-corrected chi connectivity index (χ2v) is 7.44. The molecule has 0 saturated heterocycles. The van der Waals surface area contributed by atoms with Crippen LogP contribution in [0.4, 0.5) is 4.79 Å². The van der Waals surface area contributed by atoms with E-state index in [-0.39, 0.29) is 6.09 Å². The number of aromatic nitrogens is 3. The molecular formula is C18H21ClN4O2. The number of ether oxygens (including phenoxy) is 1. The average molecular weight is 361 g/mol. The molecule has 2 aromatic rings. The first-order valence-corrected chi connectivity index (χ1v) is 8.43. The first-order chi connectivity index (χ1) is 11.7. The summed E-state index contributed by atoms with van der Waals surface area (Å²) in [6.07, 6.45) is 5.36. The molecule has 0 aliphatic carbocycles. The summed E-state index contributed by atoms with van der Waals surface area (Å²) in [6.45, 7) is 6.52. The smallest absolute Gasteiger partial charge is 0.410 e. The predicted octanol–water partition coefficient (Wildman–Crippen LogP) is 3.77. The third-order valence-electron chi connectivity index (χ3n) is 3.73. The van der Waals surface area contributed by atoms with Gasteiger partial charge in [0.1, 0.15) is 10.8 Å². The molecule has 0 N–H and O–H groups in total.